The number of aromatic nitrogens is 3. The fraction of sp³-hybridized carbons (Fsp3) is 0.200. The molecule has 1 aliphatic heterocycles. The molecule has 0 radical (unpaired) electrons. The van der Waals surface area contributed by atoms with Gasteiger partial charge in [-0.3, -0.25) is 4.90 Å². The summed E-state index contributed by atoms with van der Waals surface area (Å²) in [6.07, 6.45) is 0.671. The first-order chi connectivity index (χ1) is 13.1. The third-order valence-electron chi connectivity index (χ3n) is 4.69. The Hall–Kier alpha value is -2.77. The number of rotatable bonds is 4. The number of aliphatic hydroxyl groups excluding tert-OH is 2. The number of aromatic amines is 1. The predicted octanol–water partition coefficient (Wildman–Crippen LogP) is 3.68. The largest absolute Gasteiger partial charge is 0.507 e. The van der Waals surface area contributed by atoms with E-state index in [0.717, 1.165) is 16.7 Å². The molecule has 0 aliphatic carbocycles. The highest BCUT2D eigenvalue weighted by atomic mass is 32.2. The lowest BCUT2D eigenvalue weighted by Crippen LogP contribution is -2.35. The maximum atomic E-state index is 10.8. The molecule has 27 heavy (non-hydrogen) atoms. The molecule has 0 unspecified atom stereocenters. The van der Waals surface area contributed by atoms with Gasteiger partial charge in [0.15, 0.2) is 6.23 Å². The number of H-pyrrole nitrogens is 1. The van der Waals surface area contributed by atoms with Crippen molar-refractivity contribution in [2.24, 2.45) is 0 Å². The second kappa shape index (κ2) is 7.09. The van der Waals surface area contributed by atoms with Crippen LogP contribution in [0.3, 0.4) is 0 Å². The molecule has 0 bridgehead atoms. The summed E-state index contributed by atoms with van der Waals surface area (Å²) in [5, 5.41) is 29.3. The van der Waals surface area contributed by atoms with Crippen LogP contribution in [0, 0.1) is 6.92 Å². The van der Waals surface area contributed by atoms with Gasteiger partial charge in [-0.15, -0.1) is 5.10 Å². The molecule has 0 amide bonds. The van der Waals surface area contributed by atoms with Gasteiger partial charge >= 0.3 is 0 Å². The van der Waals surface area contributed by atoms with Gasteiger partial charge in [0.25, 0.3) is 0 Å². The van der Waals surface area contributed by atoms with Crippen LogP contribution in [0.2, 0.25) is 0 Å². The summed E-state index contributed by atoms with van der Waals surface area (Å²) in [4.78, 5) is 6.10. The Labute approximate surface area is 161 Å². The molecule has 2 aromatic carbocycles. The van der Waals surface area contributed by atoms with E-state index in [9.17, 15) is 10.2 Å². The fourth-order valence-corrected chi connectivity index (χ4v) is 3.69. The average molecular weight is 380 g/mol. The Morgan fingerprint density at radius 1 is 1.07 bits per heavy atom. The van der Waals surface area contributed by atoms with Gasteiger partial charge in [-0.25, -0.2) is 5.10 Å². The standard InChI is InChI=1S/C20H20N4O2S/c1-12-8-10-14(11-9-12)16-15(13-6-4-3-5-7-13)17(25)18(26)24(16)19-21-20(27-2)23-22-19/h3-11,16,18,25-26H,1-2H3,(H,21,22,23)/t16-,18-/m0/s1. The zero-order chi connectivity index (χ0) is 19.0. The van der Waals surface area contributed by atoms with Crippen molar-refractivity contribution in [2.45, 2.75) is 24.3 Å². The number of hydrogen-bond acceptors (Lipinski definition) is 6. The van der Waals surface area contributed by atoms with Crippen molar-refractivity contribution in [3.05, 3.63) is 77.0 Å². The number of nitrogens with one attached hydrogen (secondary N) is 1. The number of nitrogens with zero attached hydrogens (tertiary/aromatic N) is 3. The molecule has 0 spiro atoms. The minimum Gasteiger partial charge on any atom is -0.507 e. The Morgan fingerprint density at radius 3 is 2.41 bits per heavy atom. The topological polar surface area (TPSA) is 85.3 Å². The van der Waals surface area contributed by atoms with Crippen LogP contribution >= 0.6 is 11.8 Å². The molecule has 0 fully saturated rings. The Morgan fingerprint density at radius 2 is 1.78 bits per heavy atom. The second-order valence-electron chi connectivity index (χ2n) is 6.40. The van der Waals surface area contributed by atoms with Crippen molar-refractivity contribution in [1.29, 1.82) is 0 Å². The highest BCUT2D eigenvalue weighted by molar-refractivity contribution is 7.98. The van der Waals surface area contributed by atoms with Crippen LogP contribution in [0.25, 0.3) is 5.57 Å². The molecular formula is C20H20N4O2S. The van der Waals surface area contributed by atoms with Crippen molar-refractivity contribution in [3.63, 3.8) is 0 Å². The van der Waals surface area contributed by atoms with Crippen molar-refractivity contribution in [3.8, 4) is 0 Å². The molecule has 2 atom stereocenters. The molecule has 4 rings (SSSR count). The lowest BCUT2D eigenvalue weighted by Gasteiger charge is -2.28. The average Bonchev–Trinajstić information content (AvgIpc) is 3.26. The Bertz CT molecular complexity index is 969. The summed E-state index contributed by atoms with van der Waals surface area (Å²) in [7, 11) is 0. The summed E-state index contributed by atoms with van der Waals surface area (Å²) in [6, 6.07) is 17.3. The molecule has 2 heterocycles. The first-order valence-electron chi connectivity index (χ1n) is 8.58. The van der Waals surface area contributed by atoms with Crippen LogP contribution in [-0.2, 0) is 0 Å². The van der Waals surface area contributed by atoms with Crippen molar-refractivity contribution < 1.29 is 10.2 Å². The predicted molar refractivity (Wildman–Crippen MR) is 107 cm³/mol. The van der Waals surface area contributed by atoms with Gasteiger partial charge < -0.3 is 10.2 Å². The quantitative estimate of drug-likeness (QED) is 0.599. The van der Waals surface area contributed by atoms with Crippen LogP contribution in [0.4, 0.5) is 5.95 Å². The summed E-state index contributed by atoms with van der Waals surface area (Å²) in [5.74, 6) is 0.337. The van der Waals surface area contributed by atoms with Gasteiger partial charge in [-0.1, -0.05) is 71.9 Å². The van der Waals surface area contributed by atoms with E-state index < -0.39 is 12.3 Å². The van der Waals surface area contributed by atoms with Gasteiger partial charge in [0, 0.05) is 5.57 Å². The van der Waals surface area contributed by atoms with Gasteiger partial charge in [-0.05, 0) is 24.3 Å². The number of hydrogen-bond donors (Lipinski definition) is 3. The SMILES string of the molecule is CSc1n[nH]c(N2[C@@H](c3ccc(C)cc3)C(c3ccccc3)=C(O)[C@@H]2O)n1. The first kappa shape index (κ1) is 17.6. The van der Waals surface area contributed by atoms with Gasteiger partial charge in [0.2, 0.25) is 11.1 Å². The lowest BCUT2D eigenvalue weighted by atomic mass is 9.93. The van der Waals surface area contributed by atoms with Crippen molar-refractivity contribution in [1.82, 2.24) is 15.2 Å². The van der Waals surface area contributed by atoms with E-state index in [2.05, 4.69) is 15.2 Å². The zero-order valence-electron chi connectivity index (χ0n) is 15.0. The number of anilines is 1. The highest BCUT2D eigenvalue weighted by Gasteiger charge is 2.43. The van der Waals surface area contributed by atoms with E-state index in [0.29, 0.717) is 16.7 Å². The van der Waals surface area contributed by atoms with E-state index >= 15 is 0 Å². The molecule has 6 nitrogen and oxygen atoms in total. The molecule has 0 saturated carbocycles. The number of aryl methyl sites for hydroxylation is 1. The van der Waals surface area contributed by atoms with Crippen molar-refractivity contribution >= 4 is 23.3 Å². The molecular weight excluding hydrogens is 360 g/mol. The van der Waals surface area contributed by atoms with Gasteiger partial charge in [0.05, 0.1) is 6.04 Å². The van der Waals surface area contributed by atoms with Crippen LogP contribution < -0.4 is 4.90 Å². The Kier molecular flexibility index (Phi) is 4.63. The lowest BCUT2D eigenvalue weighted by molar-refractivity contribution is 0.156. The van der Waals surface area contributed by atoms with Crippen LogP contribution in [0.15, 0.2) is 65.5 Å². The molecule has 1 aromatic heterocycles. The third-order valence-corrected chi connectivity index (χ3v) is 5.24. The number of benzene rings is 2. The third kappa shape index (κ3) is 3.09. The van der Waals surface area contributed by atoms with E-state index in [1.54, 1.807) is 4.90 Å². The van der Waals surface area contributed by atoms with Gasteiger partial charge in [-0.2, -0.15) is 4.98 Å². The van der Waals surface area contributed by atoms with E-state index in [1.807, 2.05) is 67.8 Å². The first-order valence-corrected chi connectivity index (χ1v) is 9.80. The maximum Gasteiger partial charge on any atom is 0.225 e. The summed E-state index contributed by atoms with van der Waals surface area (Å²) in [5.41, 5.74) is 3.60. The number of aliphatic hydroxyl groups is 2. The molecule has 7 heteroatoms. The smallest absolute Gasteiger partial charge is 0.225 e. The molecule has 1 aliphatic rings. The Balaban J connectivity index is 1.87. The van der Waals surface area contributed by atoms with Crippen LogP contribution in [0.5, 0.6) is 0 Å². The maximum absolute atomic E-state index is 10.8. The molecule has 138 valence electrons. The van der Waals surface area contributed by atoms with Crippen molar-refractivity contribution in [2.75, 3.05) is 11.2 Å². The highest BCUT2D eigenvalue weighted by Crippen LogP contribution is 2.46. The second-order valence-corrected chi connectivity index (χ2v) is 7.18. The molecule has 0 saturated heterocycles. The molecule has 3 aromatic rings. The van der Waals surface area contributed by atoms with Crippen LogP contribution in [-0.4, -0.2) is 37.9 Å². The fourth-order valence-electron chi connectivity index (χ4n) is 3.37. The monoisotopic (exact) mass is 380 g/mol. The van der Waals surface area contributed by atoms with Crippen LogP contribution in [0.1, 0.15) is 22.7 Å². The normalized spacial score (nSPS) is 19.7. The minimum atomic E-state index is -1.21. The van der Waals surface area contributed by atoms with Gasteiger partial charge in [0.1, 0.15) is 5.76 Å². The minimum absolute atomic E-state index is 0.0751. The van der Waals surface area contributed by atoms with E-state index in [1.165, 1.54) is 11.8 Å². The zero-order valence-corrected chi connectivity index (χ0v) is 15.8. The van der Waals surface area contributed by atoms with E-state index in [4.69, 9.17) is 0 Å². The van der Waals surface area contributed by atoms with E-state index in [-0.39, 0.29) is 5.76 Å². The summed E-state index contributed by atoms with van der Waals surface area (Å²) < 4.78 is 0. The molecule has 3 N–H and O–H groups in total. The number of thioether (sulfide) groups is 1. The summed E-state index contributed by atoms with van der Waals surface area (Å²) >= 11 is 1.41. The summed E-state index contributed by atoms with van der Waals surface area (Å²) in [6.45, 7) is 2.03.